The Morgan fingerprint density at radius 3 is 2.64 bits per heavy atom. The van der Waals surface area contributed by atoms with Crippen molar-refractivity contribution in [2.45, 2.75) is 26.3 Å². The van der Waals surface area contributed by atoms with E-state index in [1.807, 2.05) is 36.4 Å². The summed E-state index contributed by atoms with van der Waals surface area (Å²) in [5.41, 5.74) is 2.84. The van der Waals surface area contributed by atoms with Gasteiger partial charge in [0.05, 0.1) is 0 Å². The van der Waals surface area contributed by atoms with Crippen LogP contribution in [0, 0.1) is 0 Å². The van der Waals surface area contributed by atoms with E-state index < -0.39 is 0 Å². The highest BCUT2D eigenvalue weighted by Crippen LogP contribution is 2.19. The molecule has 0 aliphatic rings. The molecule has 0 fully saturated rings. The Kier molecular flexibility index (Phi) is 5.23. The summed E-state index contributed by atoms with van der Waals surface area (Å²) < 4.78 is 0.899. The number of anilines is 1. The first kappa shape index (κ1) is 17.3. The summed E-state index contributed by atoms with van der Waals surface area (Å²) in [6.07, 6.45) is 0. The Hall–Kier alpha value is -2.54. The standard InChI is InChI=1S/C18H18BrN5O/c1-12(2)13-6-8-14(9-7-13)18-21-23-24(22-18)11-17(25)20-16-5-3-4-15(19)10-16/h3-10,12H,11H2,1-2H3,(H,20,25). The van der Waals surface area contributed by atoms with Gasteiger partial charge in [-0.25, -0.2) is 0 Å². The first-order valence-electron chi connectivity index (χ1n) is 7.95. The number of nitrogens with one attached hydrogen (secondary N) is 1. The molecule has 128 valence electrons. The number of amides is 1. The molecule has 1 aromatic heterocycles. The van der Waals surface area contributed by atoms with Crippen molar-refractivity contribution in [3.8, 4) is 11.4 Å². The van der Waals surface area contributed by atoms with Crippen LogP contribution in [-0.4, -0.2) is 26.1 Å². The third kappa shape index (κ3) is 4.51. The zero-order chi connectivity index (χ0) is 17.8. The van der Waals surface area contributed by atoms with Gasteiger partial charge in [0.25, 0.3) is 0 Å². The van der Waals surface area contributed by atoms with Gasteiger partial charge in [0.1, 0.15) is 6.54 Å². The third-order valence-electron chi connectivity index (χ3n) is 3.68. The average Bonchev–Trinajstić information content (AvgIpc) is 3.03. The molecule has 1 N–H and O–H groups in total. The predicted octanol–water partition coefficient (Wildman–Crippen LogP) is 3.86. The van der Waals surface area contributed by atoms with Crippen molar-refractivity contribution >= 4 is 27.5 Å². The Labute approximate surface area is 154 Å². The molecular weight excluding hydrogens is 382 g/mol. The molecular formula is C18H18BrN5O. The van der Waals surface area contributed by atoms with E-state index in [-0.39, 0.29) is 12.5 Å². The number of hydrogen-bond acceptors (Lipinski definition) is 4. The molecule has 6 nitrogen and oxygen atoms in total. The van der Waals surface area contributed by atoms with Gasteiger partial charge in [0, 0.05) is 15.7 Å². The van der Waals surface area contributed by atoms with Crippen molar-refractivity contribution in [1.82, 2.24) is 20.2 Å². The molecule has 0 aliphatic heterocycles. The highest BCUT2D eigenvalue weighted by molar-refractivity contribution is 9.10. The third-order valence-corrected chi connectivity index (χ3v) is 4.18. The number of carbonyl (C=O) groups is 1. The predicted molar refractivity (Wildman–Crippen MR) is 100 cm³/mol. The molecule has 0 saturated heterocycles. The lowest BCUT2D eigenvalue weighted by atomic mass is 10.0. The second-order valence-electron chi connectivity index (χ2n) is 5.98. The minimum absolute atomic E-state index is 0.00356. The molecule has 1 amide bonds. The molecule has 0 bridgehead atoms. The molecule has 0 spiro atoms. The van der Waals surface area contributed by atoms with Crippen LogP contribution in [-0.2, 0) is 11.3 Å². The normalized spacial score (nSPS) is 10.9. The Morgan fingerprint density at radius 1 is 1.20 bits per heavy atom. The topological polar surface area (TPSA) is 72.7 Å². The van der Waals surface area contributed by atoms with E-state index in [4.69, 9.17) is 0 Å². The van der Waals surface area contributed by atoms with Crippen LogP contribution >= 0.6 is 15.9 Å². The van der Waals surface area contributed by atoms with Gasteiger partial charge in [-0.1, -0.05) is 60.1 Å². The fourth-order valence-corrected chi connectivity index (χ4v) is 2.74. The monoisotopic (exact) mass is 399 g/mol. The minimum Gasteiger partial charge on any atom is -0.324 e. The Bertz CT molecular complexity index is 873. The van der Waals surface area contributed by atoms with E-state index >= 15 is 0 Å². The second-order valence-corrected chi connectivity index (χ2v) is 6.89. The van der Waals surface area contributed by atoms with Crippen LogP contribution in [0.1, 0.15) is 25.3 Å². The van der Waals surface area contributed by atoms with E-state index in [0.717, 1.165) is 10.0 Å². The van der Waals surface area contributed by atoms with Gasteiger partial charge in [0.2, 0.25) is 11.7 Å². The largest absolute Gasteiger partial charge is 0.324 e. The summed E-state index contributed by atoms with van der Waals surface area (Å²) in [5.74, 6) is 0.766. The van der Waals surface area contributed by atoms with Crippen molar-refractivity contribution in [2.75, 3.05) is 5.32 Å². The van der Waals surface area contributed by atoms with Crippen LogP contribution in [0.5, 0.6) is 0 Å². The fourth-order valence-electron chi connectivity index (χ4n) is 2.34. The van der Waals surface area contributed by atoms with Crippen LogP contribution in [0.3, 0.4) is 0 Å². The molecule has 0 unspecified atom stereocenters. The maximum absolute atomic E-state index is 12.1. The summed E-state index contributed by atoms with van der Waals surface area (Å²) in [4.78, 5) is 13.4. The van der Waals surface area contributed by atoms with Crippen LogP contribution < -0.4 is 5.32 Å². The number of hydrogen-bond donors (Lipinski definition) is 1. The summed E-state index contributed by atoms with van der Waals surface area (Å²) in [6, 6.07) is 15.4. The smallest absolute Gasteiger partial charge is 0.248 e. The zero-order valence-electron chi connectivity index (χ0n) is 14.0. The number of tetrazole rings is 1. The van der Waals surface area contributed by atoms with Crippen LogP contribution in [0.25, 0.3) is 11.4 Å². The highest BCUT2D eigenvalue weighted by Gasteiger charge is 2.10. The first-order valence-corrected chi connectivity index (χ1v) is 8.74. The van der Waals surface area contributed by atoms with Gasteiger partial charge in [-0.15, -0.1) is 10.2 Å². The summed E-state index contributed by atoms with van der Waals surface area (Å²) >= 11 is 3.37. The van der Waals surface area contributed by atoms with Crippen molar-refractivity contribution < 1.29 is 4.79 Å². The summed E-state index contributed by atoms with van der Waals surface area (Å²) in [6.45, 7) is 4.30. The molecule has 0 atom stereocenters. The van der Waals surface area contributed by atoms with E-state index in [0.29, 0.717) is 17.4 Å². The van der Waals surface area contributed by atoms with Gasteiger partial charge >= 0.3 is 0 Å². The quantitative estimate of drug-likeness (QED) is 0.706. The van der Waals surface area contributed by atoms with Crippen LogP contribution in [0.15, 0.2) is 53.0 Å². The number of rotatable bonds is 5. The van der Waals surface area contributed by atoms with Gasteiger partial charge in [-0.2, -0.15) is 4.80 Å². The van der Waals surface area contributed by atoms with Crippen molar-refractivity contribution in [3.05, 3.63) is 58.6 Å². The van der Waals surface area contributed by atoms with Crippen molar-refractivity contribution in [3.63, 3.8) is 0 Å². The number of halogens is 1. The molecule has 0 aliphatic carbocycles. The first-order chi connectivity index (χ1) is 12.0. The lowest BCUT2D eigenvalue weighted by molar-refractivity contribution is -0.117. The SMILES string of the molecule is CC(C)c1ccc(-c2nnn(CC(=O)Nc3cccc(Br)c3)n2)cc1. The number of benzene rings is 2. The molecule has 25 heavy (non-hydrogen) atoms. The fraction of sp³-hybridized carbons (Fsp3) is 0.222. The Morgan fingerprint density at radius 2 is 1.96 bits per heavy atom. The molecule has 7 heteroatoms. The molecule has 1 heterocycles. The number of nitrogens with zero attached hydrogens (tertiary/aromatic N) is 4. The second kappa shape index (κ2) is 7.57. The lowest BCUT2D eigenvalue weighted by Crippen LogP contribution is -2.20. The van der Waals surface area contributed by atoms with Gasteiger partial charge in [0.15, 0.2) is 0 Å². The zero-order valence-corrected chi connectivity index (χ0v) is 15.6. The molecule has 0 radical (unpaired) electrons. The van der Waals surface area contributed by atoms with Gasteiger partial charge in [-0.3, -0.25) is 4.79 Å². The van der Waals surface area contributed by atoms with E-state index in [2.05, 4.69) is 62.6 Å². The highest BCUT2D eigenvalue weighted by atomic mass is 79.9. The Balaban J connectivity index is 1.66. The van der Waals surface area contributed by atoms with E-state index in [1.54, 1.807) is 0 Å². The van der Waals surface area contributed by atoms with Crippen LogP contribution in [0.2, 0.25) is 0 Å². The average molecular weight is 400 g/mol. The van der Waals surface area contributed by atoms with Crippen molar-refractivity contribution in [1.29, 1.82) is 0 Å². The summed E-state index contributed by atoms with van der Waals surface area (Å²) in [7, 11) is 0. The number of carbonyl (C=O) groups excluding carboxylic acids is 1. The summed E-state index contributed by atoms with van der Waals surface area (Å²) in [5, 5.41) is 15.1. The maximum atomic E-state index is 12.1. The minimum atomic E-state index is -0.211. The molecule has 3 aromatic rings. The van der Waals surface area contributed by atoms with E-state index in [9.17, 15) is 4.79 Å². The molecule has 3 rings (SSSR count). The number of aromatic nitrogens is 4. The van der Waals surface area contributed by atoms with Crippen molar-refractivity contribution in [2.24, 2.45) is 0 Å². The molecule has 2 aromatic carbocycles. The van der Waals surface area contributed by atoms with Gasteiger partial charge in [-0.05, 0) is 34.9 Å². The van der Waals surface area contributed by atoms with Gasteiger partial charge < -0.3 is 5.32 Å². The van der Waals surface area contributed by atoms with E-state index in [1.165, 1.54) is 10.4 Å². The maximum Gasteiger partial charge on any atom is 0.248 e. The van der Waals surface area contributed by atoms with Crippen LogP contribution in [0.4, 0.5) is 5.69 Å². The molecule has 0 saturated carbocycles. The lowest BCUT2D eigenvalue weighted by Gasteiger charge is -2.05.